The van der Waals surface area contributed by atoms with Gasteiger partial charge in [0.1, 0.15) is 18.4 Å². The van der Waals surface area contributed by atoms with Gasteiger partial charge in [0, 0.05) is 22.6 Å². The predicted molar refractivity (Wildman–Crippen MR) is 133 cm³/mol. The summed E-state index contributed by atoms with van der Waals surface area (Å²) in [5.41, 5.74) is 0.524. The molecule has 0 fully saturated rings. The van der Waals surface area contributed by atoms with Gasteiger partial charge in [0.05, 0.1) is 11.9 Å². The highest BCUT2D eigenvalue weighted by molar-refractivity contribution is 7.92. The number of hydrogen-bond donors (Lipinski definition) is 1. The van der Waals surface area contributed by atoms with Gasteiger partial charge in [0.25, 0.3) is 0 Å². The van der Waals surface area contributed by atoms with Crippen molar-refractivity contribution in [3.63, 3.8) is 0 Å². The van der Waals surface area contributed by atoms with Gasteiger partial charge >= 0.3 is 0 Å². The Balaban J connectivity index is 2.42. The number of nitrogens with zero attached hydrogens (tertiary/aromatic N) is 2. The molecule has 2 amide bonds. The van der Waals surface area contributed by atoms with E-state index in [1.54, 1.807) is 19.1 Å². The second-order valence-corrected chi connectivity index (χ2v) is 10.8. The van der Waals surface area contributed by atoms with Gasteiger partial charge < -0.3 is 10.2 Å². The number of hydrogen-bond acceptors (Lipinski definition) is 4. The van der Waals surface area contributed by atoms with E-state index in [2.05, 4.69) is 5.32 Å². The summed E-state index contributed by atoms with van der Waals surface area (Å²) in [6.07, 6.45) is 1.61. The van der Waals surface area contributed by atoms with Crippen LogP contribution in [-0.2, 0) is 26.2 Å². The molecule has 2 aromatic carbocycles. The number of halogens is 3. The summed E-state index contributed by atoms with van der Waals surface area (Å²) in [4.78, 5) is 27.5. The zero-order chi connectivity index (χ0) is 25.6. The highest BCUT2D eigenvalue weighted by Gasteiger charge is 2.31. The molecule has 0 heterocycles. The lowest BCUT2D eigenvalue weighted by Crippen LogP contribution is -2.52. The number of nitrogens with one attached hydrogen (secondary N) is 1. The molecule has 0 aliphatic rings. The fourth-order valence-corrected chi connectivity index (χ4v) is 4.44. The Labute approximate surface area is 209 Å². The van der Waals surface area contributed by atoms with Crippen LogP contribution in [0.3, 0.4) is 0 Å². The number of amides is 2. The van der Waals surface area contributed by atoms with Crippen LogP contribution in [0.2, 0.25) is 10.0 Å². The smallest absolute Gasteiger partial charge is 0.244 e. The first-order valence-corrected chi connectivity index (χ1v) is 13.2. The number of sulfonamides is 1. The van der Waals surface area contributed by atoms with Gasteiger partial charge in [-0.15, -0.1) is 0 Å². The average Bonchev–Trinajstić information content (AvgIpc) is 2.75. The average molecular weight is 532 g/mol. The number of anilines is 1. The molecular formula is C23H28Cl2FN3O4S. The predicted octanol–water partition coefficient (Wildman–Crippen LogP) is 4.23. The number of benzene rings is 2. The van der Waals surface area contributed by atoms with Crippen LogP contribution in [0.25, 0.3) is 0 Å². The molecule has 2 rings (SSSR count). The van der Waals surface area contributed by atoms with Gasteiger partial charge in [0.15, 0.2) is 0 Å². The van der Waals surface area contributed by atoms with Crippen molar-refractivity contribution in [1.82, 2.24) is 10.2 Å². The van der Waals surface area contributed by atoms with E-state index in [1.807, 2.05) is 13.8 Å². The molecular weight excluding hydrogens is 504 g/mol. The van der Waals surface area contributed by atoms with E-state index >= 15 is 0 Å². The summed E-state index contributed by atoms with van der Waals surface area (Å²) in [6.45, 7) is 4.60. The first kappa shape index (κ1) is 27.9. The van der Waals surface area contributed by atoms with Gasteiger partial charge in [-0.05, 0) is 56.2 Å². The topological polar surface area (TPSA) is 86.8 Å². The van der Waals surface area contributed by atoms with Crippen LogP contribution < -0.4 is 9.62 Å². The van der Waals surface area contributed by atoms with Crippen LogP contribution in [-0.4, -0.2) is 50.0 Å². The molecule has 0 radical (unpaired) electrons. The first-order valence-electron chi connectivity index (χ1n) is 10.6. The third-order valence-corrected chi connectivity index (χ3v) is 7.03. The molecule has 0 saturated heterocycles. The van der Waals surface area contributed by atoms with E-state index in [-0.39, 0.29) is 18.3 Å². The van der Waals surface area contributed by atoms with E-state index < -0.39 is 40.2 Å². The normalized spacial score (nSPS) is 13.1. The van der Waals surface area contributed by atoms with Crippen molar-refractivity contribution in [3.8, 4) is 0 Å². The molecule has 0 unspecified atom stereocenters. The SMILES string of the molecule is CC[C@@H](C)NC(=O)[C@H](C)N(Cc1ccc(Cl)cc1Cl)C(=O)CN(c1cccc(F)c1)S(C)(=O)=O. The van der Waals surface area contributed by atoms with Crippen LogP contribution in [0.5, 0.6) is 0 Å². The monoisotopic (exact) mass is 531 g/mol. The van der Waals surface area contributed by atoms with Crippen LogP contribution in [0.4, 0.5) is 10.1 Å². The van der Waals surface area contributed by atoms with Crippen LogP contribution in [0.1, 0.15) is 32.8 Å². The van der Waals surface area contributed by atoms with Crippen molar-refractivity contribution in [1.29, 1.82) is 0 Å². The summed E-state index contributed by atoms with van der Waals surface area (Å²) in [5, 5.41) is 3.53. The minimum absolute atomic E-state index is 0.00275. The maximum absolute atomic E-state index is 13.8. The molecule has 34 heavy (non-hydrogen) atoms. The van der Waals surface area contributed by atoms with Crippen LogP contribution in [0.15, 0.2) is 42.5 Å². The molecule has 186 valence electrons. The standard InChI is InChI=1S/C23H28Cl2FN3O4S/c1-5-15(2)27-23(31)16(3)28(13-17-9-10-18(24)11-21(17)25)22(30)14-29(34(4,32)33)20-8-6-7-19(26)12-20/h6-12,15-16H,5,13-14H2,1-4H3,(H,27,31)/t15-,16+/m1/s1. The van der Waals surface area contributed by atoms with Gasteiger partial charge in [-0.1, -0.05) is 42.3 Å². The van der Waals surface area contributed by atoms with Crippen molar-refractivity contribution in [3.05, 3.63) is 63.9 Å². The largest absolute Gasteiger partial charge is 0.352 e. The minimum Gasteiger partial charge on any atom is -0.352 e. The summed E-state index contributed by atoms with van der Waals surface area (Å²) in [5.74, 6) is -1.71. The van der Waals surface area contributed by atoms with E-state index in [0.717, 1.165) is 16.6 Å². The lowest BCUT2D eigenvalue weighted by atomic mass is 10.1. The molecule has 7 nitrogen and oxygen atoms in total. The van der Waals surface area contributed by atoms with E-state index in [4.69, 9.17) is 23.2 Å². The second-order valence-electron chi connectivity index (χ2n) is 8.00. The molecule has 2 atom stereocenters. The lowest BCUT2D eigenvalue weighted by Gasteiger charge is -2.32. The van der Waals surface area contributed by atoms with Gasteiger partial charge in [-0.3, -0.25) is 13.9 Å². The summed E-state index contributed by atoms with van der Waals surface area (Å²) >= 11 is 12.3. The fraction of sp³-hybridized carbons (Fsp3) is 0.391. The maximum Gasteiger partial charge on any atom is 0.244 e. The van der Waals surface area contributed by atoms with Crippen molar-refractivity contribution in [2.45, 2.75) is 45.8 Å². The van der Waals surface area contributed by atoms with Gasteiger partial charge in [-0.2, -0.15) is 0 Å². The van der Waals surface area contributed by atoms with Crippen molar-refractivity contribution in [2.24, 2.45) is 0 Å². The molecule has 0 bridgehead atoms. The van der Waals surface area contributed by atoms with E-state index in [0.29, 0.717) is 22.0 Å². The van der Waals surface area contributed by atoms with E-state index in [1.165, 1.54) is 29.2 Å². The van der Waals surface area contributed by atoms with Gasteiger partial charge in [0.2, 0.25) is 21.8 Å². The molecule has 2 aromatic rings. The summed E-state index contributed by atoms with van der Waals surface area (Å²) in [6, 6.07) is 8.61. The fourth-order valence-electron chi connectivity index (χ4n) is 3.13. The van der Waals surface area contributed by atoms with Crippen LogP contribution >= 0.6 is 23.2 Å². The Hall–Kier alpha value is -2.36. The summed E-state index contributed by atoms with van der Waals surface area (Å²) in [7, 11) is -3.94. The Morgan fingerprint density at radius 2 is 1.79 bits per heavy atom. The molecule has 0 aliphatic heterocycles. The van der Waals surface area contributed by atoms with Gasteiger partial charge in [-0.25, -0.2) is 12.8 Å². The zero-order valence-electron chi connectivity index (χ0n) is 19.4. The minimum atomic E-state index is -3.94. The molecule has 1 N–H and O–H groups in total. The van der Waals surface area contributed by atoms with Crippen molar-refractivity contribution in [2.75, 3.05) is 17.1 Å². The first-order chi connectivity index (χ1) is 15.8. The maximum atomic E-state index is 13.8. The Morgan fingerprint density at radius 3 is 2.35 bits per heavy atom. The lowest BCUT2D eigenvalue weighted by molar-refractivity contribution is -0.139. The van der Waals surface area contributed by atoms with Crippen LogP contribution in [0, 0.1) is 5.82 Å². The highest BCUT2D eigenvalue weighted by atomic mass is 35.5. The highest BCUT2D eigenvalue weighted by Crippen LogP contribution is 2.24. The van der Waals surface area contributed by atoms with Crippen molar-refractivity contribution >= 4 is 50.7 Å². The molecule has 0 spiro atoms. The molecule has 0 aliphatic carbocycles. The summed E-state index contributed by atoms with van der Waals surface area (Å²) < 4.78 is 39.5. The molecule has 0 aromatic heterocycles. The van der Waals surface area contributed by atoms with E-state index in [9.17, 15) is 22.4 Å². The Kier molecular flexibility index (Phi) is 9.73. The number of carbonyl (C=O) groups is 2. The Morgan fingerprint density at radius 1 is 1.12 bits per heavy atom. The molecule has 0 saturated carbocycles. The van der Waals surface area contributed by atoms with Crippen molar-refractivity contribution < 1.29 is 22.4 Å². The second kappa shape index (κ2) is 11.9. The number of carbonyl (C=O) groups excluding carboxylic acids is 2. The number of rotatable bonds is 10. The third-order valence-electron chi connectivity index (χ3n) is 5.30. The quantitative estimate of drug-likeness (QED) is 0.496. The third kappa shape index (κ3) is 7.58. The molecule has 11 heteroatoms. The zero-order valence-corrected chi connectivity index (χ0v) is 21.7. The Bertz CT molecular complexity index is 1150.